The van der Waals surface area contributed by atoms with E-state index in [4.69, 9.17) is 6.64 Å². The SMILES string of the molecule is CCCCCCCC[O][Ti]([OH])([OH])[O]CCCCCCCC. The molecule has 0 saturated heterocycles. The average Bonchev–Trinajstić information content (AvgIpc) is 2.45. The first kappa shape index (κ1) is 21.6. The Bertz CT molecular complexity index is 192. The Labute approximate surface area is 136 Å². The third-order valence-corrected chi connectivity index (χ3v) is 5.39. The molecule has 0 spiro atoms. The summed E-state index contributed by atoms with van der Waals surface area (Å²) in [6.07, 6.45) is 13.9. The van der Waals surface area contributed by atoms with Crippen molar-refractivity contribution in [3.05, 3.63) is 0 Å². The Morgan fingerprint density at radius 2 is 0.905 bits per heavy atom. The first-order valence-electron chi connectivity index (χ1n) is 8.85. The average molecular weight is 340 g/mol. The molecule has 0 radical (unpaired) electrons. The van der Waals surface area contributed by atoms with Gasteiger partial charge in [-0.25, -0.2) is 0 Å². The molecule has 0 heterocycles. The van der Waals surface area contributed by atoms with Crippen LogP contribution in [0, 0.1) is 0 Å². The van der Waals surface area contributed by atoms with E-state index in [0.717, 1.165) is 25.7 Å². The van der Waals surface area contributed by atoms with E-state index in [9.17, 15) is 7.38 Å². The molecule has 0 fully saturated rings. The predicted octanol–water partition coefficient (Wildman–Crippen LogP) is 4.54. The van der Waals surface area contributed by atoms with Gasteiger partial charge >= 0.3 is 136 Å². The number of hydrogen-bond acceptors (Lipinski definition) is 4. The summed E-state index contributed by atoms with van der Waals surface area (Å²) < 4.78 is 29.7. The topological polar surface area (TPSA) is 58.9 Å². The summed E-state index contributed by atoms with van der Waals surface area (Å²) in [6, 6.07) is 0. The molecule has 0 aliphatic rings. The van der Waals surface area contributed by atoms with Gasteiger partial charge in [-0.1, -0.05) is 0 Å². The number of hydrogen-bond donors (Lipinski definition) is 2. The Morgan fingerprint density at radius 1 is 0.571 bits per heavy atom. The van der Waals surface area contributed by atoms with Crippen LogP contribution in [0.1, 0.15) is 90.9 Å². The second kappa shape index (κ2) is 15.4. The van der Waals surface area contributed by atoms with Crippen molar-refractivity contribution in [3.8, 4) is 0 Å². The molecule has 5 heteroatoms. The van der Waals surface area contributed by atoms with E-state index in [1.165, 1.54) is 51.4 Å². The fraction of sp³-hybridized carbons (Fsp3) is 1.00. The quantitative estimate of drug-likeness (QED) is 0.320. The first-order chi connectivity index (χ1) is 10.1. The van der Waals surface area contributed by atoms with Crippen LogP contribution in [0.4, 0.5) is 0 Å². The molecule has 0 rings (SSSR count). The van der Waals surface area contributed by atoms with Crippen molar-refractivity contribution in [3.63, 3.8) is 0 Å². The normalized spacial score (nSPS) is 12.0. The van der Waals surface area contributed by atoms with Crippen LogP contribution in [-0.4, -0.2) is 20.6 Å². The van der Waals surface area contributed by atoms with Gasteiger partial charge in [-0.15, -0.1) is 0 Å². The van der Waals surface area contributed by atoms with E-state index in [1.807, 2.05) is 0 Å². The van der Waals surface area contributed by atoms with Crippen molar-refractivity contribution in [1.29, 1.82) is 0 Å². The molecule has 0 aromatic heterocycles. The van der Waals surface area contributed by atoms with Crippen LogP contribution in [0.15, 0.2) is 0 Å². The molecule has 0 unspecified atom stereocenters. The number of unbranched alkanes of at least 4 members (excludes halogenated alkanes) is 10. The Morgan fingerprint density at radius 3 is 1.29 bits per heavy atom. The molecule has 2 N–H and O–H groups in total. The van der Waals surface area contributed by atoms with E-state index < -0.39 is 18.1 Å². The van der Waals surface area contributed by atoms with E-state index >= 15 is 0 Å². The van der Waals surface area contributed by atoms with Gasteiger partial charge in [0, 0.05) is 0 Å². The first-order valence-corrected chi connectivity index (χ1v) is 11.5. The molecule has 0 amide bonds. The summed E-state index contributed by atoms with van der Waals surface area (Å²) >= 11 is -4.36. The molecule has 4 nitrogen and oxygen atoms in total. The fourth-order valence-electron chi connectivity index (χ4n) is 2.22. The minimum atomic E-state index is -4.36. The van der Waals surface area contributed by atoms with Crippen LogP contribution in [0.2, 0.25) is 0 Å². The molecule has 0 aliphatic carbocycles. The van der Waals surface area contributed by atoms with E-state index in [2.05, 4.69) is 13.8 Å². The van der Waals surface area contributed by atoms with E-state index in [0.29, 0.717) is 13.2 Å². The summed E-state index contributed by atoms with van der Waals surface area (Å²) in [5.74, 6) is 0. The van der Waals surface area contributed by atoms with Gasteiger partial charge < -0.3 is 0 Å². The third kappa shape index (κ3) is 16.7. The van der Waals surface area contributed by atoms with Crippen molar-refractivity contribution in [1.82, 2.24) is 0 Å². The molecule has 0 aliphatic heterocycles. The van der Waals surface area contributed by atoms with Crippen LogP contribution < -0.4 is 0 Å². The van der Waals surface area contributed by atoms with Gasteiger partial charge in [0.05, 0.1) is 0 Å². The molecule has 0 aromatic rings. The molecule has 21 heavy (non-hydrogen) atoms. The molecule has 0 atom stereocenters. The van der Waals surface area contributed by atoms with Crippen LogP contribution >= 0.6 is 0 Å². The van der Waals surface area contributed by atoms with Gasteiger partial charge in [-0.05, 0) is 0 Å². The zero-order valence-electron chi connectivity index (χ0n) is 14.1. The Kier molecular flexibility index (Phi) is 15.9. The van der Waals surface area contributed by atoms with Crippen molar-refractivity contribution in [2.45, 2.75) is 90.9 Å². The van der Waals surface area contributed by atoms with Gasteiger partial charge in [0.2, 0.25) is 0 Å². The van der Waals surface area contributed by atoms with Gasteiger partial charge in [0.15, 0.2) is 0 Å². The molecular weight excluding hydrogens is 304 g/mol. The molecule has 0 aromatic carbocycles. The number of rotatable bonds is 16. The third-order valence-electron chi connectivity index (χ3n) is 3.58. The fourth-order valence-corrected chi connectivity index (χ4v) is 3.63. The van der Waals surface area contributed by atoms with Crippen LogP contribution in [-0.2, 0) is 24.8 Å². The molecule has 0 bridgehead atoms. The van der Waals surface area contributed by atoms with Crippen molar-refractivity contribution in [2.24, 2.45) is 0 Å². The minimum absolute atomic E-state index is 0.412. The zero-order chi connectivity index (χ0) is 15.8. The van der Waals surface area contributed by atoms with E-state index in [-0.39, 0.29) is 0 Å². The van der Waals surface area contributed by atoms with Crippen molar-refractivity contribution < 1.29 is 32.2 Å². The second-order valence-corrected chi connectivity index (χ2v) is 8.40. The van der Waals surface area contributed by atoms with Crippen LogP contribution in [0.5, 0.6) is 0 Å². The van der Waals surface area contributed by atoms with Crippen LogP contribution in [0.3, 0.4) is 0 Å². The summed E-state index contributed by atoms with van der Waals surface area (Å²) in [6.45, 7) is 5.22. The Balaban J connectivity index is 3.35. The van der Waals surface area contributed by atoms with E-state index in [1.54, 1.807) is 0 Å². The Hall–Kier alpha value is 0.554. The monoisotopic (exact) mass is 340 g/mol. The maximum absolute atomic E-state index is 9.69. The summed E-state index contributed by atoms with van der Waals surface area (Å²) in [5, 5.41) is 0. The van der Waals surface area contributed by atoms with Crippen LogP contribution in [0.25, 0.3) is 0 Å². The standard InChI is InChI=1S/2C8H17O.2H2O.Ti/c2*1-2-3-4-5-6-7-8-9;;;/h2*2-8H2,1H3;2*1H2;/q2*-1;;;+4/p-2. The van der Waals surface area contributed by atoms with Gasteiger partial charge in [0.25, 0.3) is 0 Å². The van der Waals surface area contributed by atoms with Crippen molar-refractivity contribution >= 4 is 0 Å². The predicted molar refractivity (Wildman–Crippen MR) is 83.1 cm³/mol. The zero-order valence-corrected chi connectivity index (χ0v) is 15.7. The summed E-state index contributed by atoms with van der Waals surface area (Å²) in [5.41, 5.74) is 0. The van der Waals surface area contributed by atoms with Gasteiger partial charge in [0.1, 0.15) is 0 Å². The second-order valence-electron chi connectivity index (χ2n) is 5.78. The molecule has 0 saturated carbocycles. The van der Waals surface area contributed by atoms with Gasteiger partial charge in [-0.2, -0.15) is 0 Å². The molecule has 128 valence electrons. The molecular formula is C16H36O4Ti. The van der Waals surface area contributed by atoms with Gasteiger partial charge in [-0.3, -0.25) is 0 Å². The van der Waals surface area contributed by atoms with Crippen molar-refractivity contribution in [2.75, 3.05) is 13.2 Å². The summed E-state index contributed by atoms with van der Waals surface area (Å²) in [4.78, 5) is 0. The maximum atomic E-state index is 9.69. The summed E-state index contributed by atoms with van der Waals surface area (Å²) in [7, 11) is 0.